The van der Waals surface area contributed by atoms with Crippen LogP contribution in [0, 0.1) is 10.1 Å². The third kappa shape index (κ3) is 2.03. The van der Waals surface area contributed by atoms with Crippen LogP contribution in [0.25, 0.3) is 5.57 Å². The first kappa shape index (κ1) is 10.5. The summed E-state index contributed by atoms with van der Waals surface area (Å²) in [7, 11) is 0. The Morgan fingerprint density at radius 1 is 1.64 bits per heavy atom. The minimum absolute atomic E-state index is 0.0544. The number of hydrogen-bond acceptors (Lipinski definition) is 3. The van der Waals surface area contributed by atoms with E-state index in [0.29, 0.717) is 11.1 Å². The van der Waals surface area contributed by atoms with Gasteiger partial charge in [-0.2, -0.15) is 0 Å². The number of phenolic OH excluding ortho intramolecular Hbond substituents is 1. The number of nitro groups is 1. The van der Waals surface area contributed by atoms with Gasteiger partial charge in [0.2, 0.25) is 0 Å². The number of nitrogens with zero attached hydrogens (tertiary/aromatic N) is 1. The first-order chi connectivity index (χ1) is 6.56. The first-order valence-corrected chi connectivity index (χ1v) is 4.31. The van der Waals surface area contributed by atoms with Gasteiger partial charge in [0.25, 0.3) is 5.69 Å². The summed E-state index contributed by atoms with van der Waals surface area (Å²) in [5.74, 6) is 0.0654. The van der Waals surface area contributed by atoms with E-state index < -0.39 is 4.92 Å². The number of benzene rings is 1. The Morgan fingerprint density at radius 2 is 2.29 bits per heavy atom. The van der Waals surface area contributed by atoms with Crippen LogP contribution in [0.4, 0.5) is 5.69 Å². The molecule has 0 spiro atoms. The van der Waals surface area contributed by atoms with Crippen molar-refractivity contribution in [1.82, 2.24) is 0 Å². The number of non-ortho nitro benzene ring substituents is 1. The molecule has 14 heavy (non-hydrogen) atoms. The SMILES string of the molecule is C=C(CCl)c1cc([N+](=O)[O-])ccc1O. The summed E-state index contributed by atoms with van der Waals surface area (Å²) in [6.45, 7) is 3.59. The summed E-state index contributed by atoms with van der Waals surface area (Å²) in [4.78, 5) is 9.90. The summed E-state index contributed by atoms with van der Waals surface area (Å²) in [5, 5.41) is 19.8. The maximum absolute atomic E-state index is 10.4. The summed E-state index contributed by atoms with van der Waals surface area (Å²) >= 11 is 5.51. The molecule has 0 radical (unpaired) electrons. The zero-order valence-electron chi connectivity index (χ0n) is 7.24. The number of nitro benzene ring substituents is 1. The standard InChI is InChI=1S/C9H8ClNO3/c1-6(5-10)8-4-7(11(13)14)2-3-9(8)12/h2-4,12H,1,5H2. The van der Waals surface area contributed by atoms with E-state index in [9.17, 15) is 15.2 Å². The van der Waals surface area contributed by atoms with E-state index in [1.165, 1.54) is 18.2 Å². The maximum atomic E-state index is 10.4. The van der Waals surface area contributed by atoms with E-state index in [1.807, 2.05) is 0 Å². The molecule has 0 aliphatic heterocycles. The molecule has 1 aromatic carbocycles. The highest BCUT2D eigenvalue weighted by molar-refractivity contribution is 6.23. The van der Waals surface area contributed by atoms with E-state index in [0.717, 1.165) is 0 Å². The van der Waals surface area contributed by atoms with Crippen LogP contribution in [0.2, 0.25) is 0 Å². The van der Waals surface area contributed by atoms with E-state index in [1.54, 1.807) is 0 Å². The molecule has 0 aliphatic rings. The molecule has 74 valence electrons. The van der Waals surface area contributed by atoms with Gasteiger partial charge in [-0.25, -0.2) is 0 Å². The lowest BCUT2D eigenvalue weighted by Crippen LogP contribution is -1.91. The number of rotatable bonds is 3. The van der Waals surface area contributed by atoms with E-state index >= 15 is 0 Å². The summed E-state index contributed by atoms with van der Waals surface area (Å²) in [6, 6.07) is 3.73. The predicted octanol–water partition coefficient (Wildman–Crippen LogP) is 2.55. The van der Waals surface area contributed by atoms with Gasteiger partial charge < -0.3 is 5.11 Å². The minimum Gasteiger partial charge on any atom is -0.507 e. The molecule has 0 unspecified atom stereocenters. The molecule has 1 N–H and O–H groups in total. The van der Waals surface area contributed by atoms with Crippen LogP contribution >= 0.6 is 11.6 Å². The minimum atomic E-state index is -0.537. The van der Waals surface area contributed by atoms with Crippen molar-refractivity contribution < 1.29 is 10.0 Å². The number of alkyl halides is 1. The molecule has 0 fully saturated rings. The number of aromatic hydroxyl groups is 1. The van der Waals surface area contributed by atoms with Crippen molar-refractivity contribution in [2.75, 3.05) is 5.88 Å². The van der Waals surface area contributed by atoms with Gasteiger partial charge in [0.15, 0.2) is 0 Å². The molecule has 0 heterocycles. The number of phenols is 1. The lowest BCUT2D eigenvalue weighted by atomic mass is 10.1. The summed E-state index contributed by atoms with van der Waals surface area (Å²) in [5.41, 5.74) is 0.672. The van der Waals surface area contributed by atoms with Gasteiger partial charge in [-0.05, 0) is 11.6 Å². The Balaban J connectivity index is 3.21. The van der Waals surface area contributed by atoms with Gasteiger partial charge in [-0.15, -0.1) is 11.6 Å². The van der Waals surface area contributed by atoms with E-state index in [2.05, 4.69) is 6.58 Å². The van der Waals surface area contributed by atoms with Crippen molar-refractivity contribution in [3.63, 3.8) is 0 Å². The fraction of sp³-hybridized carbons (Fsp3) is 0.111. The van der Waals surface area contributed by atoms with Gasteiger partial charge in [0, 0.05) is 23.6 Å². The fourth-order valence-corrected chi connectivity index (χ4v) is 1.14. The second-order valence-electron chi connectivity index (χ2n) is 2.70. The normalized spacial score (nSPS) is 9.79. The van der Waals surface area contributed by atoms with Crippen molar-refractivity contribution in [3.05, 3.63) is 40.5 Å². The molecule has 5 heteroatoms. The van der Waals surface area contributed by atoms with Crippen molar-refractivity contribution in [2.45, 2.75) is 0 Å². The second kappa shape index (κ2) is 4.11. The fourth-order valence-electron chi connectivity index (χ4n) is 0.993. The van der Waals surface area contributed by atoms with Gasteiger partial charge in [0.05, 0.1) is 4.92 Å². The molecule has 0 aromatic heterocycles. The second-order valence-corrected chi connectivity index (χ2v) is 2.96. The van der Waals surface area contributed by atoms with Crippen LogP contribution in [0.15, 0.2) is 24.8 Å². The van der Waals surface area contributed by atoms with Crippen LogP contribution in [-0.4, -0.2) is 15.9 Å². The highest BCUT2D eigenvalue weighted by Crippen LogP contribution is 2.28. The lowest BCUT2D eigenvalue weighted by Gasteiger charge is -2.04. The molecule has 0 atom stereocenters. The smallest absolute Gasteiger partial charge is 0.270 e. The highest BCUT2D eigenvalue weighted by Gasteiger charge is 2.11. The van der Waals surface area contributed by atoms with Gasteiger partial charge in [-0.1, -0.05) is 6.58 Å². The molecule has 0 bridgehead atoms. The van der Waals surface area contributed by atoms with Gasteiger partial charge >= 0.3 is 0 Å². The molecular formula is C9H8ClNO3. The lowest BCUT2D eigenvalue weighted by molar-refractivity contribution is -0.384. The molecule has 1 aromatic rings. The van der Waals surface area contributed by atoms with Crippen molar-refractivity contribution >= 4 is 22.9 Å². The average Bonchev–Trinajstić information content (AvgIpc) is 2.17. The van der Waals surface area contributed by atoms with Crippen molar-refractivity contribution in [3.8, 4) is 5.75 Å². The van der Waals surface area contributed by atoms with E-state index in [-0.39, 0.29) is 17.3 Å². The third-order valence-corrected chi connectivity index (χ3v) is 2.06. The Kier molecular flexibility index (Phi) is 3.09. The van der Waals surface area contributed by atoms with Crippen LogP contribution in [0.3, 0.4) is 0 Å². The van der Waals surface area contributed by atoms with Crippen LogP contribution < -0.4 is 0 Å². The van der Waals surface area contributed by atoms with Gasteiger partial charge in [0.1, 0.15) is 5.75 Å². The molecule has 1 rings (SSSR count). The molecule has 0 saturated carbocycles. The third-order valence-electron chi connectivity index (χ3n) is 1.73. The van der Waals surface area contributed by atoms with E-state index in [4.69, 9.17) is 11.6 Å². The Hall–Kier alpha value is -1.55. The maximum Gasteiger partial charge on any atom is 0.270 e. The van der Waals surface area contributed by atoms with Crippen LogP contribution in [-0.2, 0) is 0 Å². The number of allylic oxidation sites excluding steroid dienone is 1. The highest BCUT2D eigenvalue weighted by atomic mass is 35.5. The Labute approximate surface area is 85.6 Å². The van der Waals surface area contributed by atoms with Crippen molar-refractivity contribution in [1.29, 1.82) is 0 Å². The van der Waals surface area contributed by atoms with Gasteiger partial charge in [-0.3, -0.25) is 10.1 Å². The monoisotopic (exact) mass is 213 g/mol. The molecule has 0 amide bonds. The zero-order chi connectivity index (χ0) is 10.7. The number of halogens is 1. The summed E-state index contributed by atoms with van der Waals surface area (Å²) in [6.07, 6.45) is 0. The first-order valence-electron chi connectivity index (χ1n) is 3.77. The van der Waals surface area contributed by atoms with Crippen molar-refractivity contribution in [2.24, 2.45) is 0 Å². The number of hydrogen-bond donors (Lipinski definition) is 1. The average molecular weight is 214 g/mol. The Morgan fingerprint density at radius 3 is 2.79 bits per heavy atom. The molecule has 0 saturated heterocycles. The predicted molar refractivity (Wildman–Crippen MR) is 54.5 cm³/mol. The largest absolute Gasteiger partial charge is 0.507 e. The van der Waals surface area contributed by atoms with Crippen LogP contribution in [0.1, 0.15) is 5.56 Å². The van der Waals surface area contributed by atoms with Crippen LogP contribution in [0.5, 0.6) is 5.75 Å². The molecule has 4 nitrogen and oxygen atoms in total. The zero-order valence-corrected chi connectivity index (χ0v) is 7.99. The summed E-state index contributed by atoms with van der Waals surface area (Å²) < 4.78 is 0. The Bertz CT molecular complexity index is 390. The topological polar surface area (TPSA) is 63.4 Å². The quantitative estimate of drug-likeness (QED) is 0.477. The molecule has 0 aliphatic carbocycles. The molecular weight excluding hydrogens is 206 g/mol.